The third-order valence-corrected chi connectivity index (χ3v) is 3.44. The van der Waals surface area contributed by atoms with Crippen molar-refractivity contribution in [3.05, 3.63) is 60.2 Å². The van der Waals surface area contributed by atoms with Gasteiger partial charge in [-0.05, 0) is 29.8 Å². The molecule has 20 heavy (non-hydrogen) atoms. The van der Waals surface area contributed by atoms with Gasteiger partial charge in [0.15, 0.2) is 0 Å². The van der Waals surface area contributed by atoms with Crippen LogP contribution < -0.4 is 10.5 Å². The standard InChI is InChI=1S/C14H15NO4S/c15-14(10-20(16,17)18)11-5-4-8-13(9-11)19-12-6-2-1-3-7-12/h1-9,14H,10,15H2,(H,16,17,18)/t14-/m0/s1. The van der Waals surface area contributed by atoms with Crippen LogP contribution in [0, 0.1) is 0 Å². The van der Waals surface area contributed by atoms with Crippen LogP contribution in [0.1, 0.15) is 11.6 Å². The van der Waals surface area contributed by atoms with E-state index in [2.05, 4.69) is 0 Å². The van der Waals surface area contributed by atoms with Crippen molar-refractivity contribution in [3.8, 4) is 11.5 Å². The van der Waals surface area contributed by atoms with E-state index in [0.29, 0.717) is 17.1 Å². The van der Waals surface area contributed by atoms with Gasteiger partial charge < -0.3 is 10.5 Å². The van der Waals surface area contributed by atoms with Gasteiger partial charge in [-0.25, -0.2) is 0 Å². The summed E-state index contributed by atoms with van der Waals surface area (Å²) in [5.74, 6) is 0.703. The second kappa shape index (κ2) is 6.04. The number of rotatable bonds is 5. The number of nitrogens with two attached hydrogens (primary N) is 1. The van der Waals surface area contributed by atoms with E-state index in [1.807, 2.05) is 30.3 Å². The van der Waals surface area contributed by atoms with E-state index in [1.165, 1.54) is 0 Å². The number of para-hydroxylation sites is 1. The Morgan fingerprint density at radius 2 is 1.70 bits per heavy atom. The van der Waals surface area contributed by atoms with Crippen LogP contribution in [0.2, 0.25) is 0 Å². The lowest BCUT2D eigenvalue weighted by atomic mass is 10.1. The molecule has 0 fully saturated rings. The lowest BCUT2D eigenvalue weighted by Gasteiger charge is -2.12. The fraction of sp³-hybridized carbons (Fsp3) is 0.143. The highest BCUT2D eigenvalue weighted by Gasteiger charge is 2.15. The Balaban J connectivity index is 2.16. The van der Waals surface area contributed by atoms with E-state index >= 15 is 0 Å². The topological polar surface area (TPSA) is 89.6 Å². The van der Waals surface area contributed by atoms with E-state index in [4.69, 9.17) is 15.0 Å². The number of hydrogen-bond acceptors (Lipinski definition) is 4. The molecule has 2 aromatic carbocycles. The lowest BCUT2D eigenvalue weighted by molar-refractivity contribution is 0.474. The quantitative estimate of drug-likeness (QED) is 0.826. The third-order valence-electron chi connectivity index (χ3n) is 2.66. The van der Waals surface area contributed by atoms with Gasteiger partial charge in [0.25, 0.3) is 10.1 Å². The van der Waals surface area contributed by atoms with Gasteiger partial charge in [0, 0.05) is 6.04 Å². The first kappa shape index (κ1) is 14.5. The smallest absolute Gasteiger partial charge is 0.266 e. The SMILES string of the molecule is N[C@@H](CS(=O)(=O)O)c1cccc(Oc2ccccc2)c1. The maximum atomic E-state index is 10.8. The zero-order valence-electron chi connectivity index (χ0n) is 10.6. The van der Waals surface area contributed by atoms with Crippen molar-refractivity contribution in [2.45, 2.75) is 6.04 Å². The van der Waals surface area contributed by atoms with Gasteiger partial charge in [0.2, 0.25) is 0 Å². The van der Waals surface area contributed by atoms with Gasteiger partial charge in [0.1, 0.15) is 11.5 Å². The van der Waals surface area contributed by atoms with E-state index in [9.17, 15) is 8.42 Å². The van der Waals surface area contributed by atoms with Crippen molar-refractivity contribution in [1.29, 1.82) is 0 Å². The monoisotopic (exact) mass is 293 g/mol. The molecule has 0 bridgehead atoms. The molecule has 0 aliphatic heterocycles. The highest BCUT2D eigenvalue weighted by molar-refractivity contribution is 7.85. The summed E-state index contributed by atoms with van der Waals surface area (Å²) in [4.78, 5) is 0. The van der Waals surface area contributed by atoms with Crippen LogP contribution in [0.3, 0.4) is 0 Å². The fourth-order valence-electron chi connectivity index (χ4n) is 1.76. The molecule has 0 aromatic heterocycles. The Labute approximate surface area is 117 Å². The summed E-state index contributed by atoms with van der Waals surface area (Å²) in [6, 6.07) is 15.2. The van der Waals surface area contributed by atoms with E-state index in [-0.39, 0.29) is 0 Å². The molecule has 2 aromatic rings. The normalized spacial score (nSPS) is 12.9. The highest BCUT2D eigenvalue weighted by Crippen LogP contribution is 2.24. The Hall–Kier alpha value is -1.89. The van der Waals surface area contributed by atoms with Gasteiger partial charge >= 0.3 is 0 Å². The second-order valence-corrected chi connectivity index (χ2v) is 5.84. The Morgan fingerprint density at radius 3 is 2.35 bits per heavy atom. The minimum Gasteiger partial charge on any atom is -0.457 e. The molecule has 0 heterocycles. The summed E-state index contributed by atoms with van der Waals surface area (Å²) in [5, 5.41) is 0. The first-order valence-electron chi connectivity index (χ1n) is 5.98. The van der Waals surface area contributed by atoms with Crippen LogP contribution in [-0.4, -0.2) is 18.7 Å². The predicted octanol–water partition coefficient (Wildman–Crippen LogP) is 2.37. The highest BCUT2D eigenvalue weighted by atomic mass is 32.2. The Kier molecular flexibility index (Phi) is 4.39. The van der Waals surface area contributed by atoms with Gasteiger partial charge in [-0.15, -0.1) is 0 Å². The molecule has 0 spiro atoms. The lowest BCUT2D eigenvalue weighted by Crippen LogP contribution is -2.21. The molecule has 106 valence electrons. The van der Waals surface area contributed by atoms with Crippen LogP contribution in [0.15, 0.2) is 54.6 Å². The minimum atomic E-state index is -4.11. The first-order valence-corrected chi connectivity index (χ1v) is 7.58. The van der Waals surface area contributed by atoms with Crippen molar-refractivity contribution < 1.29 is 17.7 Å². The van der Waals surface area contributed by atoms with Gasteiger partial charge in [0.05, 0.1) is 5.75 Å². The molecular weight excluding hydrogens is 278 g/mol. The van der Waals surface area contributed by atoms with Gasteiger partial charge in [-0.2, -0.15) is 8.42 Å². The molecule has 2 rings (SSSR count). The maximum absolute atomic E-state index is 10.8. The summed E-state index contributed by atoms with van der Waals surface area (Å²) in [6.07, 6.45) is 0. The summed E-state index contributed by atoms with van der Waals surface area (Å²) in [7, 11) is -4.11. The number of ether oxygens (including phenoxy) is 1. The van der Waals surface area contributed by atoms with Crippen LogP contribution >= 0.6 is 0 Å². The molecule has 1 atom stereocenters. The Bertz CT molecular complexity index is 671. The van der Waals surface area contributed by atoms with Crippen LogP contribution in [0.5, 0.6) is 11.5 Å². The van der Waals surface area contributed by atoms with E-state index in [1.54, 1.807) is 24.3 Å². The van der Waals surface area contributed by atoms with E-state index < -0.39 is 21.9 Å². The number of hydrogen-bond donors (Lipinski definition) is 2. The molecule has 0 aliphatic rings. The summed E-state index contributed by atoms with van der Waals surface area (Å²) >= 11 is 0. The van der Waals surface area contributed by atoms with Crippen molar-refractivity contribution in [3.63, 3.8) is 0 Å². The van der Waals surface area contributed by atoms with Crippen molar-refractivity contribution in [1.82, 2.24) is 0 Å². The molecule has 3 N–H and O–H groups in total. The zero-order valence-corrected chi connectivity index (χ0v) is 11.5. The predicted molar refractivity (Wildman–Crippen MR) is 76.3 cm³/mol. The summed E-state index contributed by atoms with van der Waals surface area (Å²) < 4.78 is 36.1. The number of benzene rings is 2. The average molecular weight is 293 g/mol. The molecule has 0 unspecified atom stereocenters. The van der Waals surface area contributed by atoms with Crippen LogP contribution in [0.25, 0.3) is 0 Å². The average Bonchev–Trinajstić information content (AvgIpc) is 2.38. The maximum Gasteiger partial charge on any atom is 0.266 e. The van der Waals surface area contributed by atoms with Crippen LogP contribution in [-0.2, 0) is 10.1 Å². The summed E-state index contributed by atoms with van der Waals surface area (Å²) in [6.45, 7) is 0. The van der Waals surface area contributed by atoms with E-state index in [0.717, 1.165) is 0 Å². The summed E-state index contributed by atoms with van der Waals surface area (Å²) in [5.41, 5.74) is 6.33. The van der Waals surface area contributed by atoms with Crippen LogP contribution in [0.4, 0.5) is 0 Å². The van der Waals surface area contributed by atoms with Crippen molar-refractivity contribution in [2.24, 2.45) is 5.73 Å². The van der Waals surface area contributed by atoms with Crippen molar-refractivity contribution >= 4 is 10.1 Å². The molecule has 0 amide bonds. The largest absolute Gasteiger partial charge is 0.457 e. The second-order valence-electron chi connectivity index (χ2n) is 4.34. The Morgan fingerprint density at radius 1 is 1.05 bits per heavy atom. The van der Waals surface area contributed by atoms with Gasteiger partial charge in [-0.1, -0.05) is 30.3 Å². The third kappa shape index (κ3) is 4.34. The first-order chi connectivity index (χ1) is 9.44. The zero-order chi connectivity index (χ0) is 14.6. The minimum absolute atomic E-state index is 0.526. The molecule has 6 heteroatoms. The molecular formula is C14H15NO4S. The molecule has 0 aliphatic carbocycles. The van der Waals surface area contributed by atoms with Crippen molar-refractivity contribution in [2.75, 3.05) is 5.75 Å². The molecule has 0 saturated carbocycles. The van der Waals surface area contributed by atoms with Gasteiger partial charge in [-0.3, -0.25) is 4.55 Å². The molecule has 0 saturated heterocycles. The fourth-order valence-corrected chi connectivity index (χ4v) is 2.40. The molecule has 5 nitrogen and oxygen atoms in total. The molecule has 0 radical (unpaired) electrons.